The van der Waals surface area contributed by atoms with E-state index in [1.165, 1.54) is 0 Å². The van der Waals surface area contributed by atoms with Gasteiger partial charge in [0.1, 0.15) is 5.75 Å². The first-order valence-electron chi connectivity index (χ1n) is 8.34. The number of morpholine rings is 1. The summed E-state index contributed by atoms with van der Waals surface area (Å²) in [5.41, 5.74) is 2.26. The van der Waals surface area contributed by atoms with Crippen molar-refractivity contribution in [1.82, 2.24) is 0 Å². The van der Waals surface area contributed by atoms with Crippen LogP contribution in [0.5, 0.6) is 5.75 Å². The average molecular weight is 361 g/mol. The highest BCUT2D eigenvalue weighted by atomic mass is 35.5. The Balaban J connectivity index is 1.78. The number of nitrogens with zero attached hydrogens (tertiary/aromatic N) is 1. The summed E-state index contributed by atoms with van der Waals surface area (Å²) in [6, 6.07) is 12.8. The van der Waals surface area contributed by atoms with E-state index in [-0.39, 0.29) is 5.91 Å². The molecule has 1 aliphatic heterocycles. The van der Waals surface area contributed by atoms with Crippen LogP contribution in [0.4, 0.5) is 11.4 Å². The van der Waals surface area contributed by atoms with Crippen molar-refractivity contribution < 1.29 is 14.3 Å². The zero-order valence-electron chi connectivity index (χ0n) is 14.1. The van der Waals surface area contributed by atoms with Crippen LogP contribution in [0.2, 0.25) is 5.02 Å². The van der Waals surface area contributed by atoms with Crippen LogP contribution < -0.4 is 15.0 Å². The van der Waals surface area contributed by atoms with Crippen molar-refractivity contribution in [1.29, 1.82) is 0 Å². The van der Waals surface area contributed by atoms with E-state index >= 15 is 0 Å². The van der Waals surface area contributed by atoms with Crippen molar-refractivity contribution >= 4 is 28.9 Å². The molecule has 0 bridgehead atoms. The Morgan fingerprint density at radius 3 is 2.72 bits per heavy atom. The summed E-state index contributed by atoms with van der Waals surface area (Å²) < 4.78 is 10.8. The van der Waals surface area contributed by atoms with Crippen molar-refractivity contribution in [2.75, 3.05) is 43.1 Å². The molecule has 1 amide bonds. The Morgan fingerprint density at radius 2 is 2.00 bits per heavy atom. The lowest BCUT2D eigenvalue weighted by atomic mass is 10.1. The van der Waals surface area contributed by atoms with Crippen LogP contribution in [0.15, 0.2) is 42.5 Å². The number of halogens is 1. The third-order valence-corrected chi connectivity index (χ3v) is 4.29. The summed E-state index contributed by atoms with van der Waals surface area (Å²) in [6.45, 7) is 5.41. The minimum absolute atomic E-state index is 0.203. The first-order chi connectivity index (χ1) is 12.2. The molecule has 5 nitrogen and oxygen atoms in total. The third-order valence-electron chi connectivity index (χ3n) is 4.00. The number of benzene rings is 2. The lowest BCUT2D eigenvalue weighted by Crippen LogP contribution is -2.36. The van der Waals surface area contributed by atoms with Gasteiger partial charge in [-0.1, -0.05) is 23.7 Å². The Labute approximate surface area is 152 Å². The standard InChI is InChI=1S/C19H21ClN2O3/c1-2-25-18-8-7-14(13-15(18)20)19(23)21-16-5-3-4-6-17(16)22-9-11-24-12-10-22/h3-8,13H,2,9-12H2,1H3,(H,21,23). The quantitative estimate of drug-likeness (QED) is 0.880. The van der Waals surface area contributed by atoms with Crippen LogP contribution >= 0.6 is 11.6 Å². The monoisotopic (exact) mass is 360 g/mol. The lowest BCUT2D eigenvalue weighted by Gasteiger charge is -2.30. The fraction of sp³-hybridized carbons (Fsp3) is 0.316. The van der Waals surface area contributed by atoms with Crippen LogP contribution in [0, 0.1) is 0 Å². The van der Waals surface area contributed by atoms with Gasteiger partial charge in [0.15, 0.2) is 0 Å². The normalized spacial score (nSPS) is 14.2. The van der Waals surface area contributed by atoms with Crippen molar-refractivity contribution in [2.24, 2.45) is 0 Å². The molecule has 2 aromatic rings. The SMILES string of the molecule is CCOc1ccc(C(=O)Nc2ccccc2N2CCOCC2)cc1Cl. The molecule has 1 N–H and O–H groups in total. The summed E-state index contributed by atoms with van der Waals surface area (Å²) in [7, 11) is 0. The van der Waals surface area contributed by atoms with Gasteiger partial charge in [0.2, 0.25) is 0 Å². The molecular weight excluding hydrogens is 340 g/mol. The van der Waals surface area contributed by atoms with Gasteiger partial charge in [-0.15, -0.1) is 0 Å². The molecule has 25 heavy (non-hydrogen) atoms. The molecular formula is C19H21ClN2O3. The van der Waals surface area contributed by atoms with E-state index in [0.717, 1.165) is 24.5 Å². The molecule has 2 aromatic carbocycles. The van der Waals surface area contributed by atoms with Crippen LogP contribution in [0.1, 0.15) is 17.3 Å². The molecule has 1 saturated heterocycles. The Bertz CT molecular complexity index is 745. The predicted octanol–water partition coefficient (Wildman–Crippen LogP) is 3.83. The van der Waals surface area contributed by atoms with E-state index in [0.29, 0.717) is 36.2 Å². The van der Waals surface area contributed by atoms with E-state index in [1.54, 1.807) is 18.2 Å². The van der Waals surface area contributed by atoms with Crippen molar-refractivity contribution in [3.05, 3.63) is 53.1 Å². The highest BCUT2D eigenvalue weighted by Gasteiger charge is 2.17. The minimum Gasteiger partial charge on any atom is -0.492 e. The van der Waals surface area contributed by atoms with Gasteiger partial charge >= 0.3 is 0 Å². The molecule has 0 radical (unpaired) electrons. The molecule has 132 valence electrons. The van der Waals surface area contributed by atoms with Crippen LogP contribution in [0.25, 0.3) is 0 Å². The van der Waals surface area contributed by atoms with Crippen LogP contribution in [0.3, 0.4) is 0 Å². The number of para-hydroxylation sites is 2. The fourth-order valence-electron chi connectivity index (χ4n) is 2.77. The lowest BCUT2D eigenvalue weighted by molar-refractivity contribution is 0.102. The summed E-state index contributed by atoms with van der Waals surface area (Å²) >= 11 is 6.18. The van der Waals surface area contributed by atoms with Gasteiger partial charge in [-0.05, 0) is 37.3 Å². The van der Waals surface area contributed by atoms with Gasteiger partial charge in [-0.2, -0.15) is 0 Å². The molecule has 0 aromatic heterocycles. The van der Waals surface area contributed by atoms with Gasteiger partial charge < -0.3 is 19.7 Å². The molecule has 0 aliphatic carbocycles. The number of hydrogen-bond acceptors (Lipinski definition) is 4. The first-order valence-corrected chi connectivity index (χ1v) is 8.72. The molecule has 0 atom stereocenters. The van der Waals surface area contributed by atoms with E-state index in [9.17, 15) is 4.79 Å². The maximum atomic E-state index is 12.6. The number of anilines is 2. The number of ether oxygens (including phenoxy) is 2. The first kappa shape index (κ1) is 17.6. The third kappa shape index (κ3) is 4.24. The topological polar surface area (TPSA) is 50.8 Å². The molecule has 0 saturated carbocycles. The predicted molar refractivity (Wildman–Crippen MR) is 100 cm³/mol. The second-order valence-corrected chi connectivity index (χ2v) is 6.06. The number of rotatable bonds is 5. The molecule has 0 unspecified atom stereocenters. The zero-order valence-corrected chi connectivity index (χ0v) is 14.9. The summed E-state index contributed by atoms with van der Waals surface area (Å²) in [5, 5.41) is 3.41. The minimum atomic E-state index is -0.203. The second-order valence-electron chi connectivity index (χ2n) is 5.65. The molecule has 1 fully saturated rings. The Hall–Kier alpha value is -2.24. The maximum absolute atomic E-state index is 12.6. The second kappa shape index (κ2) is 8.23. The highest BCUT2D eigenvalue weighted by Crippen LogP contribution is 2.29. The summed E-state index contributed by atoms with van der Waals surface area (Å²) in [6.07, 6.45) is 0. The Morgan fingerprint density at radius 1 is 1.24 bits per heavy atom. The Kier molecular flexibility index (Phi) is 5.79. The summed E-state index contributed by atoms with van der Waals surface area (Å²) in [5.74, 6) is 0.375. The maximum Gasteiger partial charge on any atom is 0.255 e. The van der Waals surface area contributed by atoms with E-state index in [2.05, 4.69) is 10.2 Å². The van der Waals surface area contributed by atoms with E-state index in [4.69, 9.17) is 21.1 Å². The number of hydrogen-bond donors (Lipinski definition) is 1. The number of nitrogens with one attached hydrogen (secondary N) is 1. The van der Waals surface area contributed by atoms with E-state index in [1.807, 2.05) is 31.2 Å². The van der Waals surface area contributed by atoms with Crippen LogP contribution in [-0.2, 0) is 4.74 Å². The van der Waals surface area contributed by atoms with Gasteiger partial charge in [0.25, 0.3) is 5.91 Å². The molecule has 6 heteroatoms. The molecule has 1 heterocycles. The van der Waals surface area contributed by atoms with Crippen molar-refractivity contribution in [3.8, 4) is 5.75 Å². The van der Waals surface area contributed by atoms with Gasteiger partial charge in [-0.3, -0.25) is 4.79 Å². The van der Waals surface area contributed by atoms with Crippen LogP contribution in [-0.4, -0.2) is 38.8 Å². The van der Waals surface area contributed by atoms with Crippen molar-refractivity contribution in [2.45, 2.75) is 6.92 Å². The summed E-state index contributed by atoms with van der Waals surface area (Å²) in [4.78, 5) is 14.8. The largest absolute Gasteiger partial charge is 0.492 e. The fourth-order valence-corrected chi connectivity index (χ4v) is 3.00. The number of carbonyl (C=O) groups is 1. The zero-order chi connectivity index (χ0) is 17.6. The number of amides is 1. The van der Waals surface area contributed by atoms with E-state index < -0.39 is 0 Å². The highest BCUT2D eigenvalue weighted by molar-refractivity contribution is 6.32. The smallest absolute Gasteiger partial charge is 0.255 e. The molecule has 3 rings (SSSR count). The van der Waals surface area contributed by atoms with Crippen molar-refractivity contribution in [3.63, 3.8) is 0 Å². The molecule has 1 aliphatic rings. The van der Waals surface area contributed by atoms with Gasteiger partial charge in [0, 0.05) is 18.7 Å². The van der Waals surface area contributed by atoms with Gasteiger partial charge in [0.05, 0.1) is 36.2 Å². The average Bonchev–Trinajstić information content (AvgIpc) is 2.64. The molecule has 0 spiro atoms. The number of carbonyl (C=O) groups excluding carboxylic acids is 1. The van der Waals surface area contributed by atoms with Gasteiger partial charge in [-0.25, -0.2) is 0 Å².